The van der Waals surface area contributed by atoms with Crippen LogP contribution in [0, 0.1) is 13.8 Å². The Morgan fingerprint density at radius 3 is 2.39 bits per heavy atom. The lowest BCUT2D eigenvalue weighted by Crippen LogP contribution is -2.49. The van der Waals surface area contributed by atoms with Crippen LogP contribution in [-0.4, -0.2) is 11.4 Å². The zero-order chi connectivity index (χ0) is 13.3. The fraction of sp³-hybridized carbons (Fsp3) is 0.500. The molecule has 0 aromatic heterocycles. The number of carbonyl (C=O) groups excluding carboxylic acids is 1. The lowest BCUT2D eigenvalue weighted by atomic mass is 9.75. The van der Waals surface area contributed by atoms with Crippen molar-refractivity contribution in [2.24, 2.45) is 5.73 Å². The Bertz CT molecular complexity index is 458. The standard InChI is InChI=1S/C14H19BrN2O/c1-9-6-11(15)7-10(2)13(9)17-12(18)8-14(16)4-3-5-14/h6-7H,3-5,8,16H2,1-2H3,(H,17,18). The van der Waals surface area contributed by atoms with E-state index in [1.807, 2.05) is 26.0 Å². The zero-order valence-electron chi connectivity index (χ0n) is 10.8. The number of nitrogens with two attached hydrogens (primary N) is 1. The van der Waals surface area contributed by atoms with E-state index in [1.165, 1.54) is 0 Å². The number of anilines is 1. The van der Waals surface area contributed by atoms with Gasteiger partial charge in [0.05, 0.1) is 0 Å². The summed E-state index contributed by atoms with van der Waals surface area (Å²) in [5, 5.41) is 2.99. The van der Waals surface area contributed by atoms with Gasteiger partial charge in [-0.2, -0.15) is 0 Å². The summed E-state index contributed by atoms with van der Waals surface area (Å²) in [5.41, 5.74) is 8.86. The second-order valence-electron chi connectivity index (χ2n) is 5.36. The number of halogens is 1. The molecule has 0 atom stereocenters. The molecule has 0 aliphatic heterocycles. The number of hydrogen-bond donors (Lipinski definition) is 2. The van der Waals surface area contributed by atoms with Gasteiger partial charge in [-0.3, -0.25) is 4.79 Å². The van der Waals surface area contributed by atoms with Gasteiger partial charge in [-0.25, -0.2) is 0 Å². The summed E-state index contributed by atoms with van der Waals surface area (Å²) in [6.07, 6.45) is 3.47. The van der Waals surface area contributed by atoms with Gasteiger partial charge in [-0.1, -0.05) is 15.9 Å². The molecule has 1 aromatic rings. The third-order valence-electron chi connectivity index (χ3n) is 3.62. The average molecular weight is 311 g/mol. The molecule has 0 unspecified atom stereocenters. The second kappa shape index (κ2) is 5.02. The number of nitrogens with one attached hydrogen (secondary N) is 1. The minimum atomic E-state index is -0.263. The van der Waals surface area contributed by atoms with E-state index in [-0.39, 0.29) is 11.4 Å². The number of carbonyl (C=O) groups is 1. The van der Waals surface area contributed by atoms with Crippen molar-refractivity contribution < 1.29 is 4.79 Å². The molecule has 98 valence electrons. The fourth-order valence-corrected chi connectivity index (χ4v) is 3.11. The van der Waals surface area contributed by atoms with Gasteiger partial charge in [0.1, 0.15) is 0 Å². The minimum absolute atomic E-state index is 0.0192. The fourth-order valence-electron chi connectivity index (χ4n) is 2.42. The van der Waals surface area contributed by atoms with E-state index < -0.39 is 0 Å². The van der Waals surface area contributed by atoms with Crippen LogP contribution in [0.15, 0.2) is 16.6 Å². The lowest BCUT2D eigenvalue weighted by molar-refractivity contribution is -0.118. The maximum absolute atomic E-state index is 12.0. The molecule has 1 saturated carbocycles. The summed E-state index contributed by atoms with van der Waals surface area (Å²) < 4.78 is 1.03. The first-order valence-corrected chi connectivity index (χ1v) is 7.04. The van der Waals surface area contributed by atoms with Gasteiger partial charge in [-0.05, 0) is 56.4 Å². The number of rotatable bonds is 3. The highest BCUT2D eigenvalue weighted by Gasteiger charge is 2.34. The van der Waals surface area contributed by atoms with Crippen LogP contribution >= 0.6 is 15.9 Å². The summed E-state index contributed by atoms with van der Waals surface area (Å²) >= 11 is 3.45. The molecule has 0 bridgehead atoms. The van der Waals surface area contributed by atoms with Crippen molar-refractivity contribution in [2.45, 2.75) is 45.1 Å². The van der Waals surface area contributed by atoms with Crippen LogP contribution in [0.3, 0.4) is 0 Å². The molecule has 18 heavy (non-hydrogen) atoms. The highest BCUT2D eigenvalue weighted by molar-refractivity contribution is 9.10. The van der Waals surface area contributed by atoms with Crippen LogP contribution < -0.4 is 11.1 Å². The molecule has 3 nitrogen and oxygen atoms in total. The van der Waals surface area contributed by atoms with E-state index in [9.17, 15) is 4.79 Å². The predicted octanol–water partition coefficient (Wildman–Crippen LogP) is 3.28. The Balaban J connectivity index is 2.07. The largest absolute Gasteiger partial charge is 0.326 e. The van der Waals surface area contributed by atoms with E-state index in [1.54, 1.807) is 0 Å². The van der Waals surface area contributed by atoms with Crippen LogP contribution in [0.4, 0.5) is 5.69 Å². The molecular formula is C14H19BrN2O. The molecule has 1 amide bonds. The molecule has 0 heterocycles. The topological polar surface area (TPSA) is 55.1 Å². The molecule has 4 heteroatoms. The van der Waals surface area contributed by atoms with E-state index in [2.05, 4.69) is 21.2 Å². The average Bonchev–Trinajstić information content (AvgIpc) is 2.21. The van der Waals surface area contributed by atoms with Crippen molar-refractivity contribution in [1.82, 2.24) is 0 Å². The number of benzene rings is 1. The Labute approximate surface area is 116 Å². The highest BCUT2D eigenvalue weighted by atomic mass is 79.9. The molecule has 1 aromatic carbocycles. The van der Waals surface area contributed by atoms with E-state index in [4.69, 9.17) is 5.73 Å². The molecular weight excluding hydrogens is 292 g/mol. The number of aryl methyl sites for hydroxylation is 2. The van der Waals surface area contributed by atoms with Gasteiger partial charge in [0.15, 0.2) is 0 Å². The SMILES string of the molecule is Cc1cc(Br)cc(C)c1NC(=O)CC1(N)CCC1. The normalized spacial score (nSPS) is 17.1. The van der Waals surface area contributed by atoms with Crippen molar-refractivity contribution in [3.8, 4) is 0 Å². The predicted molar refractivity (Wildman–Crippen MR) is 77.6 cm³/mol. The first-order chi connectivity index (χ1) is 8.39. The van der Waals surface area contributed by atoms with Crippen LogP contribution in [0.5, 0.6) is 0 Å². The quantitative estimate of drug-likeness (QED) is 0.900. The van der Waals surface area contributed by atoms with Crippen molar-refractivity contribution in [2.75, 3.05) is 5.32 Å². The first kappa shape index (κ1) is 13.6. The third-order valence-corrected chi connectivity index (χ3v) is 4.08. The van der Waals surface area contributed by atoms with Gasteiger partial charge in [0, 0.05) is 22.1 Å². The Morgan fingerprint density at radius 1 is 1.39 bits per heavy atom. The Hall–Kier alpha value is -0.870. The maximum Gasteiger partial charge on any atom is 0.226 e. The Kier molecular flexibility index (Phi) is 3.78. The van der Waals surface area contributed by atoms with Gasteiger partial charge in [0.25, 0.3) is 0 Å². The molecule has 0 spiro atoms. The van der Waals surface area contributed by atoms with Gasteiger partial charge >= 0.3 is 0 Å². The summed E-state index contributed by atoms with van der Waals surface area (Å²) in [7, 11) is 0. The van der Waals surface area contributed by atoms with Crippen LogP contribution in [0.2, 0.25) is 0 Å². The number of amides is 1. The molecule has 1 aliphatic carbocycles. The van der Waals surface area contributed by atoms with Crippen molar-refractivity contribution in [3.63, 3.8) is 0 Å². The Morgan fingerprint density at radius 2 is 1.94 bits per heavy atom. The van der Waals surface area contributed by atoms with Gasteiger partial charge < -0.3 is 11.1 Å². The molecule has 1 fully saturated rings. The first-order valence-electron chi connectivity index (χ1n) is 6.25. The maximum atomic E-state index is 12.0. The smallest absolute Gasteiger partial charge is 0.226 e. The molecule has 0 saturated heterocycles. The van der Waals surface area contributed by atoms with Crippen LogP contribution in [0.25, 0.3) is 0 Å². The van der Waals surface area contributed by atoms with Crippen molar-refractivity contribution in [3.05, 3.63) is 27.7 Å². The van der Waals surface area contributed by atoms with Crippen LogP contribution in [0.1, 0.15) is 36.8 Å². The van der Waals surface area contributed by atoms with Gasteiger partial charge in [0.2, 0.25) is 5.91 Å². The third kappa shape index (κ3) is 2.93. The minimum Gasteiger partial charge on any atom is -0.326 e. The number of hydrogen-bond acceptors (Lipinski definition) is 2. The summed E-state index contributed by atoms with van der Waals surface area (Å²) in [6, 6.07) is 4.01. The molecule has 0 radical (unpaired) electrons. The molecule has 1 aliphatic rings. The lowest BCUT2D eigenvalue weighted by Gasteiger charge is -2.37. The summed E-state index contributed by atoms with van der Waals surface area (Å²) in [5.74, 6) is 0.0192. The summed E-state index contributed by atoms with van der Waals surface area (Å²) in [6.45, 7) is 3.99. The molecule has 3 N–H and O–H groups in total. The summed E-state index contributed by atoms with van der Waals surface area (Å²) in [4.78, 5) is 12.0. The van der Waals surface area contributed by atoms with Crippen LogP contribution in [-0.2, 0) is 4.79 Å². The van der Waals surface area contributed by atoms with E-state index in [0.29, 0.717) is 6.42 Å². The monoisotopic (exact) mass is 310 g/mol. The van der Waals surface area contributed by atoms with E-state index >= 15 is 0 Å². The van der Waals surface area contributed by atoms with E-state index in [0.717, 1.165) is 40.5 Å². The van der Waals surface area contributed by atoms with Crippen molar-refractivity contribution in [1.29, 1.82) is 0 Å². The van der Waals surface area contributed by atoms with Crippen molar-refractivity contribution >= 4 is 27.5 Å². The zero-order valence-corrected chi connectivity index (χ0v) is 12.4. The second-order valence-corrected chi connectivity index (χ2v) is 6.27. The van der Waals surface area contributed by atoms with Gasteiger partial charge in [-0.15, -0.1) is 0 Å². The molecule has 2 rings (SSSR count). The highest BCUT2D eigenvalue weighted by Crippen LogP contribution is 2.33.